The molecule has 0 amide bonds. The molecule has 0 aromatic carbocycles. The van der Waals surface area contributed by atoms with Gasteiger partial charge in [0, 0.05) is 19.3 Å². The fourth-order valence-electron chi connectivity index (χ4n) is 10.6. The topological polar surface area (TPSA) is 78.9 Å². The molecule has 0 bridgehead atoms. The third kappa shape index (κ3) is 66.1. The minimum atomic E-state index is -0.776. The number of esters is 3. The smallest absolute Gasteiger partial charge is 0.306 e. The van der Waals surface area contributed by atoms with Gasteiger partial charge in [0.1, 0.15) is 13.2 Å². The summed E-state index contributed by atoms with van der Waals surface area (Å²) in [5.41, 5.74) is 0. The Hall–Kier alpha value is -2.63. The zero-order valence-corrected chi connectivity index (χ0v) is 53.2. The molecule has 6 nitrogen and oxygen atoms in total. The Morgan fingerprint density at radius 1 is 0.266 bits per heavy atom. The minimum absolute atomic E-state index is 0.0708. The average Bonchev–Trinajstić information content (AvgIpc) is 3.45. The lowest BCUT2D eigenvalue weighted by molar-refractivity contribution is -0.167. The van der Waals surface area contributed by atoms with E-state index in [-0.39, 0.29) is 31.1 Å². The van der Waals surface area contributed by atoms with Gasteiger partial charge in [-0.1, -0.05) is 352 Å². The molecular weight excluding hydrogens is 973 g/mol. The first kappa shape index (κ1) is 76.4. The minimum Gasteiger partial charge on any atom is -0.462 e. The number of carbonyl (C=O) groups excluding carboxylic acids is 3. The lowest BCUT2D eigenvalue weighted by atomic mass is 10.0. The molecule has 462 valence electrons. The quantitative estimate of drug-likeness (QED) is 0.0261. The molecule has 0 aromatic heterocycles. The van der Waals surface area contributed by atoms with Gasteiger partial charge in [-0.25, -0.2) is 0 Å². The first-order valence-electron chi connectivity index (χ1n) is 35.1. The molecule has 0 aliphatic heterocycles. The van der Waals surface area contributed by atoms with E-state index in [0.717, 1.165) is 89.9 Å². The van der Waals surface area contributed by atoms with Gasteiger partial charge in [-0.05, 0) is 57.8 Å². The maximum atomic E-state index is 13.0. The molecule has 0 saturated heterocycles. The van der Waals surface area contributed by atoms with Crippen molar-refractivity contribution >= 4 is 17.9 Å². The van der Waals surface area contributed by atoms with Crippen LogP contribution in [0.1, 0.15) is 380 Å². The Labute approximate surface area is 492 Å². The second-order valence-corrected chi connectivity index (χ2v) is 23.8. The molecule has 0 heterocycles. The number of carbonyl (C=O) groups is 3. The van der Waals surface area contributed by atoms with Gasteiger partial charge in [0.05, 0.1) is 0 Å². The van der Waals surface area contributed by atoms with Gasteiger partial charge in [0.2, 0.25) is 0 Å². The van der Waals surface area contributed by atoms with E-state index in [1.807, 2.05) is 0 Å². The van der Waals surface area contributed by atoms with Crippen LogP contribution in [0, 0.1) is 0 Å². The van der Waals surface area contributed by atoms with Crippen molar-refractivity contribution in [1.29, 1.82) is 0 Å². The van der Waals surface area contributed by atoms with Crippen molar-refractivity contribution in [1.82, 2.24) is 0 Å². The fraction of sp³-hybridized carbons (Fsp3) is 0.849. The first-order chi connectivity index (χ1) is 39.0. The highest BCUT2D eigenvalue weighted by Gasteiger charge is 2.19. The molecule has 1 atom stereocenters. The third-order valence-corrected chi connectivity index (χ3v) is 15.8. The Kier molecular flexibility index (Phi) is 65.6. The molecule has 0 fully saturated rings. The molecule has 0 spiro atoms. The normalized spacial score (nSPS) is 12.3. The standard InChI is InChI=1S/C73H134O6/c1-4-7-10-13-16-19-22-25-28-31-33-35-36-37-39-40-42-45-48-51-54-57-60-63-66-72(75)78-69-70(68-77-71(74)65-62-59-56-53-50-47-44-30-27-24-21-18-15-12-9-6-3)79-73(76)67-64-61-58-55-52-49-46-43-41-38-34-32-29-26-23-20-17-14-11-8-5-2/h8,11,17,20,26,29,34,38,70H,4-7,9-10,12-16,18-19,21-25,27-28,30-33,35-37,39-69H2,1-3H3/b11-8-,20-17-,29-26-,38-34-. The van der Waals surface area contributed by atoms with E-state index in [1.54, 1.807) is 0 Å². The van der Waals surface area contributed by atoms with Crippen molar-refractivity contribution in [3.05, 3.63) is 48.6 Å². The zero-order chi connectivity index (χ0) is 57.1. The number of hydrogen-bond donors (Lipinski definition) is 0. The van der Waals surface area contributed by atoms with Gasteiger partial charge in [-0.15, -0.1) is 0 Å². The Morgan fingerprint density at radius 3 is 0.772 bits per heavy atom. The monoisotopic (exact) mass is 1110 g/mol. The maximum absolute atomic E-state index is 13.0. The molecule has 0 radical (unpaired) electrons. The van der Waals surface area contributed by atoms with Gasteiger partial charge < -0.3 is 14.2 Å². The van der Waals surface area contributed by atoms with Gasteiger partial charge >= 0.3 is 17.9 Å². The molecule has 0 rings (SSSR count). The Balaban J connectivity index is 4.30. The largest absolute Gasteiger partial charge is 0.462 e. The highest BCUT2D eigenvalue weighted by atomic mass is 16.6. The zero-order valence-electron chi connectivity index (χ0n) is 53.2. The molecule has 0 aliphatic rings. The summed E-state index contributed by atoms with van der Waals surface area (Å²) >= 11 is 0. The van der Waals surface area contributed by atoms with Crippen LogP contribution in [0.15, 0.2) is 48.6 Å². The summed E-state index contributed by atoms with van der Waals surface area (Å²) < 4.78 is 17.0. The van der Waals surface area contributed by atoms with Crippen LogP contribution in [0.3, 0.4) is 0 Å². The second kappa shape index (κ2) is 67.9. The molecule has 0 aliphatic carbocycles. The molecule has 1 unspecified atom stereocenters. The highest BCUT2D eigenvalue weighted by Crippen LogP contribution is 2.19. The van der Waals surface area contributed by atoms with Gasteiger partial charge in [0.15, 0.2) is 6.10 Å². The van der Waals surface area contributed by atoms with Crippen LogP contribution in [0.5, 0.6) is 0 Å². The van der Waals surface area contributed by atoms with E-state index in [4.69, 9.17) is 14.2 Å². The van der Waals surface area contributed by atoms with E-state index in [1.165, 1.54) is 250 Å². The lowest BCUT2D eigenvalue weighted by Gasteiger charge is -2.18. The van der Waals surface area contributed by atoms with Crippen molar-refractivity contribution in [3.8, 4) is 0 Å². The summed E-state index contributed by atoms with van der Waals surface area (Å²) in [6, 6.07) is 0. The summed E-state index contributed by atoms with van der Waals surface area (Å²) in [4.78, 5) is 38.5. The molecule has 0 saturated carbocycles. The van der Waals surface area contributed by atoms with Crippen LogP contribution in [-0.2, 0) is 28.6 Å². The summed E-state index contributed by atoms with van der Waals surface area (Å²) in [7, 11) is 0. The van der Waals surface area contributed by atoms with E-state index < -0.39 is 6.10 Å². The Morgan fingerprint density at radius 2 is 0.494 bits per heavy atom. The van der Waals surface area contributed by atoms with Crippen molar-refractivity contribution < 1.29 is 28.6 Å². The predicted molar refractivity (Wildman–Crippen MR) is 344 cm³/mol. The van der Waals surface area contributed by atoms with Crippen LogP contribution < -0.4 is 0 Å². The van der Waals surface area contributed by atoms with Gasteiger partial charge in [-0.3, -0.25) is 14.4 Å². The first-order valence-corrected chi connectivity index (χ1v) is 35.1. The SMILES string of the molecule is CC/C=C\C/C=C\C/C=C\C/C=C\CCCCCCCCCCC(=O)OC(COC(=O)CCCCCCCCCCCCCCCCCC)COC(=O)CCCCCCCCCCCCCCCCCCCCCCCCCC. The maximum Gasteiger partial charge on any atom is 0.306 e. The van der Waals surface area contributed by atoms with Crippen molar-refractivity contribution in [3.63, 3.8) is 0 Å². The van der Waals surface area contributed by atoms with E-state index in [2.05, 4.69) is 69.4 Å². The number of hydrogen-bond acceptors (Lipinski definition) is 6. The average molecular weight is 1110 g/mol. The summed E-state index contributed by atoms with van der Waals surface area (Å²) in [6.07, 6.45) is 85.6. The van der Waals surface area contributed by atoms with Crippen molar-refractivity contribution in [2.45, 2.75) is 386 Å². The van der Waals surface area contributed by atoms with Crippen LogP contribution >= 0.6 is 0 Å². The molecule has 6 heteroatoms. The second-order valence-electron chi connectivity index (χ2n) is 23.8. The van der Waals surface area contributed by atoms with Crippen molar-refractivity contribution in [2.75, 3.05) is 13.2 Å². The van der Waals surface area contributed by atoms with E-state index in [0.29, 0.717) is 19.3 Å². The fourth-order valence-corrected chi connectivity index (χ4v) is 10.6. The van der Waals surface area contributed by atoms with Crippen LogP contribution in [0.4, 0.5) is 0 Å². The van der Waals surface area contributed by atoms with Gasteiger partial charge in [0.25, 0.3) is 0 Å². The van der Waals surface area contributed by atoms with Crippen molar-refractivity contribution in [2.24, 2.45) is 0 Å². The van der Waals surface area contributed by atoms with Crippen LogP contribution in [-0.4, -0.2) is 37.2 Å². The van der Waals surface area contributed by atoms with Gasteiger partial charge in [-0.2, -0.15) is 0 Å². The van der Waals surface area contributed by atoms with E-state index >= 15 is 0 Å². The predicted octanol–water partition coefficient (Wildman–Crippen LogP) is 24.1. The Bertz CT molecular complexity index is 1360. The molecule has 0 N–H and O–H groups in total. The highest BCUT2D eigenvalue weighted by molar-refractivity contribution is 5.71. The lowest BCUT2D eigenvalue weighted by Crippen LogP contribution is -2.30. The number of rotatable bonds is 65. The van der Waals surface area contributed by atoms with Crippen LogP contribution in [0.25, 0.3) is 0 Å². The number of allylic oxidation sites excluding steroid dienone is 8. The van der Waals surface area contributed by atoms with E-state index in [9.17, 15) is 14.4 Å². The summed E-state index contributed by atoms with van der Waals surface area (Å²) in [5, 5.41) is 0. The summed E-state index contributed by atoms with van der Waals surface area (Å²) in [5.74, 6) is -0.849. The number of ether oxygens (including phenoxy) is 3. The molecule has 79 heavy (non-hydrogen) atoms. The number of unbranched alkanes of at least 4 members (excludes halogenated alkanes) is 46. The summed E-state index contributed by atoms with van der Waals surface area (Å²) in [6.45, 7) is 6.60. The van der Waals surface area contributed by atoms with Crippen LogP contribution in [0.2, 0.25) is 0 Å². The molecule has 0 aromatic rings. The third-order valence-electron chi connectivity index (χ3n) is 15.8. The molecular formula is C73H134O6.